The average Bonchev–Trinajstić information content (AvgIpc) is 3.34. The van der Waals surface area contributed by atoms with Crippen molar-refractivity contribution in [2.45, 2.75) is 55.4 Å². The van der Waals surface area contributed by atoms with Gasteiger partial charge in [-0.05, 0) is 237 Å². The second-order valence-electron chi connectivity index (χ2n) is 17.9. The lowest BCUT2D eigenvalue weighted by Gasteiger charge is -2.25. The predicted octanol–water partition coefficient (Wildman–Crippen LogP) is 17.1. The minimum atomic E-state index is 0.869. The first kappa shape index (κ1) is 47.0. The molecule has 0 fully saturated rings. The number of hydrogen-bond acceptors (Lipinski definition) is 4. The van der Waals surface area contributed by atoms with Gasteiger partial charge in [-0.15, -0.1) is 0 Å². The Balaban J connectivity index is 0.000000454. The molecule has 0 aromatic heterocycles. The van der Waals surface area contributed by atoms with Gasteiger partial charge in [0.25, 0.3) is 0 Å². The summed E-state index contributed by atoms with van der Waals surface area (Å²) in [5.74, 6) is 3.48. The zero-order valence-electron chi connectivity index (χ0n) is 41.6. The van der Waals surface area contributed by atoms with E-state index in [-0.39, 0.29) is 0 Å². The molecule has 0 bridgehead atoms. The van der Waals surface area contributed by atoms with Gasteiger partial charge in [-0.1, -0.05) is 97.1 Å². The molecule has 0 aliphatic rings. The first-order chi connectivity index (χ1) is 32.9. The standard InChI is InChI=1S/C52H50O4.2C6H6/c1-27-17-35(53-9)18-28(2)47(27)43-25-44(48-29(3)19-36(54-10)20-30(48)4)40-15-16-42-46(50-33(7)23-38(56-12)24-34(50)8)26-45(41-14-13-39(43)51(40)52(41)42)49-31(5)21-37(55-11)22-32(49)6;2*1-2-4-6-5-3-1/h13-26H,1-12H3;2*1-6H. The molecule has 0 atom stereocenters. The van der Waals surface area contributed by atoms with Crippen LogP contribution in [0.15, 0.2) is 158 Å². The zero-order chi connectivity index (χ0) is 48.2. The Hall–Kier alpha value is -7.56. The van der Waals surface area contributed by atoms with Gasteiger partial charge in [0.05, 0.1) is 28.4 Å². The molecule has 10 rings (SSSR count). The smallest absolute Gasteiger partial charge is 0.119 e. The van der Waals surface area contributed by atoms with Gasteiger partial charge in [-0.25, -0.2) is 0 Å². The van der Waals surface area contributed by atoms with Crippen molar-refractivity contribution in [3.8, 4) is 67.5 Å². The molecule has 4 heteroatoms. The van der Waals surface area contributed by atoms with E-state index in [9.17, 15) is 0 Å². The van der Waals surface area contributed by atoms with Crippen LogP contribution in [0.2, 0.25) is 0 Å². The molecular formula is C64H62O4. The molecule has 0 saturated heterocycles. The van der Waals surface area contributed by atoms with Crippen LogP contribution in [0.3, 0.4) is 0 Å². The molecule has 0 heterocycles. The molecule has 0 unspecified atom stereocenters. The maximum atomic E-state index is 5.74. The zero-order valence-corrected chi connectivity index (χ0v) is 41.6. The SMILES string of the molecule is COc1cc(C)c(-c2cc(-c3c(C)cc(OC)cc3C)c3ccc4c(-c5c(C)cc(OC)cc5C)cc(-c5c(C)cc(OC)cc5C)c5ccc2c3c54)c(C)c1.c1ccccc1.c1ccccc1. The Kier molecular flexibility index (Phi) is 13.9. The van der Waals surface area contributed by atoms with Crippen LogP contribution in [-0.4, -0.2) is 28.4 Å². The molecule has 68 heavy (non-hydrogen) atoms. The van der Waals surface area contributed by atoms with Crippen LogP contribution in [0.1, 0.15) is 44.5 Å². The van der Waals surface area contributed by atoms with E-state index < -0.39 is 0 Å². The summed E-state index contributed by atoms with van der Waals surface area (Å²) in [6.07, 6.45) is 0. The summed E-state index contributed by atoms with van der Waals surface area (Å²) in [6, 6.07) is 55.6. The van der Waals surface area contributed by atoms with E-state index in [1.54, 1.807) is 28.4 Å². The topological polar surface area (TPSA) is 36.9 Å². The highest BCUT2D eigenvalue weighted by molar-refractivity contribution is 6.32. The largest absolute Gasteiger partial charge is 0.497 e. The highest BCUT2D eigenvalue weighted by Gasteiger charge is 2.25. The fourth-order valence-electron chi connectivity index (χ4n) is 10.5. The number of methoxy groups -OCH3 is 4. The van der Waals surface area contributed by atoms with Gasteiger partial charge in [-0.2, -0.15) is 0 Å². The Bertz CT molecular complexity index is 2840. The van der Waals surface area contributed by atoms with Gasteiger partial charge in [0.1, 0.15) is 23.0 Å². The van der Waals surface area contributed by atoms with Gasteiger partial charge in [0.2, 0.25) is 0 Å². The Morgan fingerprint density at radius 3 is 0.544 bits per heavy atom. The van der Waals surface area contributed by atoms with E-state index in [1.807, 2.05) is 72.8 Å². The van der Waals surface area contributed by atoms with E-state index in [0.717, 1.165) is 23.0 Å². The maximum absolute atomic E-state index is 5.74. The summed E-state index contributed by atoms with van der Waals surface area (Å²) in [7, 11) is 6.96. The van der Waals surface area contributed by atoms with Crippen LogP contribution in [0.4, 0.5) is 0 Å². The summed E-state index contributed by atoms with van der Waals surface area (Å²) in [5, 5.41) is 7.47. The highest BCUT2D eigenvalue weighted by Crippen LogP contribution is 2.51. The Morgan fingerprint density at radius 2 is 0.397 bits per heavy atom. The van der Waals surface area contributed by atoms with E-state index in [4.69, 9.17) is 18.9 Å². The molecule has 0 saturated carbocycles. The third kappa shape index (κ3) is 8.99. The lowest BCUT2D eigenvalue weighted by atomic mass is 9.79. The molecule has 0 spiro atoms. The summed E-state index contributed by atoms with van der Waals surface area (Å²) >= 11 is 0. The molecule has 10 aromatic rings. The lowest BCUT2D eigenvalue weighted by Crippen LogP contribution is -2.00. The molecule has 0 amide bonds. The monoisotopic (exact) mass is 894 g/mol. The first-order valence-corrected chi connectivity index (χ1v) is 23.3. The van der Waals surface area contributed by atoms with Crippen molar-refractivity contribution in [1.82, 2.24) is 0 Å². The summed E-state index contributed by atoms with van der Waals surface area (Å²) in [4.78, 5) is 0. The summed E-state index contributed by atoms with van der Waals surface area (Å²) in [6.45, 7) is 17.6. The third-order valence-corrected chi connectivity index (χ3v) is 13.3. The second kappa shape index (κ2) is 20.1. The minimum Gasteiger partial charge on any atom is -0.497 e. The quantitative estimate of drug-likeness (QED) is 0.142. The molecule has 10 aromatic carbocycles. The van der Waals surface area contributed by atoms with Crippen molar-refractivity contribution >= 4 is 32.3 Å². The van der Waals surface area contributed by atoms with Gasteiger partial charge < -0.3 is 18.9 Å². The van der Waals surface area contributed by atoms with Crippen LogP contribution in [0.25, 0.3) is 76.8 Å². The van der Waals surface area contributed by atoms with Crippen molar-refractivity contribution in [3.63, 3.8) is 0 Å². The van der Waals surface area contributed by atoms with Crippen LogP contribution >= 0.6 is 0 Å². The Labute approximate surface area is 403 Å². The third-order valence-electron chi connectivity index (χ3n) is 13.3. The van der Waals surface area contributed by atoms with Gasteiger partial charge >= 0.3 is 0 Å². The van der Waals surface area contributed by atoms with Crippen molar-refractivity contribution < 1.29 is 18.9 Å². The van der Waals surface area contributed by atoms with E-state index in [1.165, 1.54) is 121 Å². The number of rotatable bonds is 8. The van der Waals surface area contributed by atoms with Crippen molar-refractivity contribution in [1.29, 1.82) is 0 Å². The van der Waals surface area contributed by atoms with Crippen LogP contribution < -0.4 is 18.9 Å². The van der Waals surface area contributed by atoms with Crippen LogP contribution in [-0.2, 0) is 0 Å². The van der Waals surface area contributed by atoms with E-state index in [2.05, 4.69) is 140 Å². The molecular weight excluding hydrogens is 833 g/mol. The van der Waals surface area contributed by atoms with Crippen molar-refractivity contribution in [2.75, 3.05) is 28.4 Å². The molecule has 0 aliphatic heterocycles. The van der Waals surface area contributed by atoms with Crippen LogP contribution in [0.5, 0.6) is 23.0 Å². The Morgan fingerprint density at radius 1 is 0.235 bits per heavy atom. The first-order valence-electron chi connectivity index (χ1n) is 23.3. The molecule has 0 radical (unpaired) electrons. The number of aryl methyl sites for hydroxylation is 8. The summed E-state index contributed by atoms with van der Waals surface area (Å²) in [5.41, 5.74) is 19.3. The fraction of sp³-hybridized carbons (Fsp3) is 0.188. The van der Waals surface area contributed by atoms with Gasteiger partial charge in [-0.3, -0.25) is 0 Å². The van der Waals surface area contributed by atoms with Crippen molar-refractivity contribution in [3.05, 3.63) is 202 Å². The predicted molar refractivity (Wildman–Crippen MR) is 289 cm³/mol. The fourth-order valence-corrected chi connectivity index (χ4v) is 10.5. The van der Waals surface area contributed by atoms with Gasteiger partial charge in [0.15, 0.2) is 0 Å². The lowest BCUT2D eigenvalue weighted by molar-refractivity contribution is 0.414. The minimum absolute atomic E-state index is 0.869. The normalized spacial score (nSPS) is 10.9. The van der Waals surface area contributed by atoms with E-state index in [0.29, 0.717) is 0 Å². The molecule has 4 nitrogen and oxygen atoms in total. The maximum Gasteiger partial charge on any atom is 0.119 e. The second-order valence-corrected chi connectivity index (χ2v) is 17.9. The van der Waals surface area contributed by atoms with Gasteiger partial charge in [0, 0.05) is 0 Å². The van der Waals surface area contributed by atoms with Crippen molar-refractivity contribution in [2.24, 2.45) is 0 Å². The highest BCUT2D eigenvalue weighted by atomic mass is 16.5. The molecule has 342 valence electrons. The summed E-state index contributed by atoms with van der Waals surface area (Å²) < 4.78 is 23.0. The van der Waals surface area contributed by atoms with Crippen LogP contribution in [0, 0.1) is 55.4 Å². The average molecular weight is 895 g/mol. The molecule has 0 N–H and O–H groups in total. The van der Waals surface area contributed by atoms with E-state index >= 15 is 0 Å². The molecule has 0 aliphatic carbocycles. The number of ether oxygens (including phenoxy) is 4. The number of hydrogen-bond donors (Lipinski definition) is 0. The number of benzene rings is 10.